The van der Waals surface area contributed by atoms with E-state index in [1.54, 1.807) is 0 Å². The van der Waals surface area contributed by atoms with Crippen LogP contribution in [0.5, 0.6) is 0 Å². The fraction of sp³-hybridized carbons (Fsp3) is 0.438. The zero-order chi connectivity index (χ0) is 15.3. The van der Waals surface area contributed by atoms with Crippen LogP contribution in [0, 0.1) is 0 Å². The first kappa shape index (κ1) is 13.3. The lowest BCUT2D eigenvalue weighted by molar-refractivity contribution is -0.125. The van der Waals surface area contributed by atoms with Crippen LogP contribution in [0.2, 0.25) is 0 Å². The monoisotopic (exact) mass is 299 g/mol. The first-order valence-electron chi connectivity index (χ1n) is 7.67. The summed E-state index contributed by atoms with van der Waals surface area (Å²) in [5.41, 5.74) is 1.57. The second-order valence-corrected chi connectivity index (χ2v) is 6.07. The van der Waals surface area contributed by atoms with E-state index in [4.69, 9.17) is 0 Å². The van der Waals surface area contributed by atoms with Gasteiger partial charge in [0.15, 0.2) is 0 Å². The van der Waals surface area contributed by atoms with Gasteiger partial charge in [-0.15, -0.1) is 0 Å². The standard InChI is InChI=1S/C16H17N3O3/c20-14-8-7-11(17-14)16(22)18-9-15(21)19(10-5-6-10)13-4-2-1-3-12(13)18/h1-4,10-11H,5-9H2,(H,17,20). The molecule has 1 unspecified atom stereocenters. The van der Waals surface area contributed by atoms with Crippen LogP contribution in [0.25, 0.3) is 0 Å². The lowest BCUT2D eigenvalue weighted by atomic mass is 10.1. The summed E-state index contributed by atoms with van der Waals surface area (Å²) in [6, 6.07) is 7.27. The largest absolute Gasteiger partial charge is 0.344 e. The molecular formula is C16H17N3O3. The molecule has 2 fully saturated rings. The van der Waals surface area contributed by atoms with Crippen molar-refractivity contribution in [3.63, 3.8) is 0 Å². The third-order valence-corrected chi connectivity index (χ3v) is 4.47. The Morgan fingerprint density at radius 3 is 2.45 bits per heavy atom. The molecule has 1 aromatic carbocycles. The van der Waals surface area contributed by atoms with Crippen LogP contribution in [-0.2, 0) is 14.4 Å². The van der Waals surface area contributed by atoms with E-state index in [0.29, 0.717) is 12.8 Å². The number of rotatable bonds is 2. The quantitative estimate of drug-likeness (QED) is 0.878. The summed E-state index contributed by atoms with van der Waals surface area (Å²) in [5, 5.41) is 2.69. The van der Waals surface area contributed by atoms with Crippen molar-refractivity contribution in [1.29, 1.82) is 0 Å². The molecule has 1 N–H and O–H groups in total. The Morgan fingerprint density at radius 1 is 1.09 bits per heavy atom. The van der Waals surface area contributed by atoms with Crippen molar-refractivity contribution >= 4 is 29.1 Å². The van der Waals surface area contributed by atoms with Crippen LogP contribution in [-0.4, -0.2) is 36.3 Å². The second kappa shape index (κ2) is 4.83. The molecule has 0 spiro atoms. The highest BCUT2D eigenvalue weighted by atomic mass is 16.2. The molecule has 6 nitrogen and oxygen atoms in total. The Balaban J connectivity index is 1.68. The average molecular weight is 299 g/mol. The fourth-order valence-electron chi connectivity index (χ4n) is 3.24. The topological polar surface area (TPSA) is 69.7 Å². The molecular weight excluding hydrogens is 282 g/mol. The van der Waals surface area contributed by atoms with Crippen LogP contribution in [0.4, 0.5) is 11.4 Å². The number of amides is 3. The van der Waals surface area contributed by atoms with Gasteiger partial charge in [0, 0.05) is 12.5 Å². The summed E-state index contributed by atoms with van der Waals surface area (Å²) in [6.45, 7) is 0.0543. The molecule has 3 amide bonds. The molecule has 2 aliphatic heterocycles. The van der Waals surface area contributed by atoms with Gasteiger partial charge in [-0.1, -0.05) is 12.1 Å². The SMILES string of the molecule is O=C1CCC(C(=O)N2CC(=O)N(C3CC3)c3ccccc32)N1. The number of carbonyl (C=O) groups is 3. The third kappa shape index (κ3) is 2.06. The predicted molar refractivity (Wildman–Crippen MR) is 80.5 cm³/mol. The van der Waals surface area contributed by atoms with E-state index in [2.05, 4.69) is 5.32 Å². The van der Waals surface area contributed by atoms with Gasteiger partial charge in [-0.25, -0.2) is 0 Å². The van der Waals surface area contributed by atoms with Gasteiger partial charge >= 0.3 is 0 Å². The van der Waals surface area contributed by atoms with Gasteiger partial charge in [-0.2, -0.15) is 0 Å². The molecule has 1 saturated heterocycles. The van der Waals surface area contributed by atoms with Crippen LogP contribution in [0.1, 0.15) is 25.7 Å². The lowest BCUT2D eigenvalue weighted by Crippen LogP contribution is -2.53. The molecule has 2 heterocycles. The molecule has 6 heteroatoms. The van der Waals surface area contributed by atoms with Crippen molar-refractivity contribution in [3.8, 4) is 0 Å². The van der Waals surface area contributed by atoms with E-state index in [1.807, 2.05) is 29.2 Å². The van der Waals surface area contributed by atoms with E-state index >= 15 is 0 Å². The number of fused-ring (bicyclic) bond motifs is 1. The van der Waals surface area contributed by atoms with Crippen molar-refractivity contribution < 1.29 is 14.4 Å². The van der Waals surface area contributed by atoms with Crippen molar-refractivity contribution in [2.75, 3.05) is 16.3 Å². The summed E-state index contributed by atoms with van der Waals surface area (Å²) in [6.07, 6.45) is 2.91. The Hall–Kier alpha value is -2.37. The molecule has 4 rings (SSSR count). The molecule has 22 heavy (non-hydrogen) atoms. The van der Waals surface area contributed by atoms with Crippen molar-refractivity contribution in [1.82, 2.24) is 5.32 Å². The number of nitrogens with one attached hydrogen (secondary N) is 1. The normalized spacial score (nSPS) is 24.3. The maximum Gasteiger partial charge on any atom is 0.250 e. The Bertz CT molecular complexity index is 668. The zero-order valence-corrected chi connectivity index (χ0v) is 12.1. The number of hydrogen-bond donors (Lipinski definition) is 1. The highest BCUT2D eigenvalue weighted by Crippen LogP contribution is 2.40. The van der Waals surface area contributed by atoms with Crippen molar-refractivity contribution in [2.45, 2.75) is 37.8 Å². The van der Waals surface area contributed by atoms with Crippen LogP contribution < -0.4 is 15.1 Å². The second-order valence-electron chi connectivity index (χ2n) is 6.07. The van der Waals surface area contributed by atoms with Gasteiger partial charge in [0.2, 0.25) is 17.7 Å². The minimum Gasteiger partial charge on any atom is -0.344 e. The summed E-state index contributed by atoms with van der Waals surface area (Å²) >= 11 is 0. The zero-order valence-electron chi connectivity index (χ0n) is 12.1. The number of anilines is 2. The van der Waals surface area contributed by atoms with Gasteiger partial charge in [-0.3, -0.25) is 19.3 Å². The summed E-state index contributed by atoms with van der Waals surface area (Å²) in [7, 11) is 0. The number of benzene rings is 1. The first-order valence-corrected chi connectivity index (χ1v) is 7.67. The average Bonchev–Trinajstić information content (AvgIpc) is 3.26. The van der Waals surface area contributed by atoms with Crippen LogP contribution in [0.3, 0.4) is 0 Å². The molecule has 1 saturated carbocycles. The van der Waals surface area contributed by atoms with E-state index in [-0.39, 0.29) is 30.3 Å². The van der Waals surface area contributed by atoms with Crippen LogP contribution in [0.15, 0.2) is 24.3 Å². The summed E-state index contributed by atoms with van der Waals surface area (Å²) < 4.78 is 0. The van der Waals surface area contributed by atoms with E-state index in [9.17, 15) is 14.4 Å². The first-order chi connectivity index (χ1) is 10.6. The Kier molecular flexibility index (Phi) is 2.92. The van der Waals surface area contributed by atoms with Gasteiger partial charge in [0.05, 0.1) is 11.4 Å². The highest BCUT2D eigenvalue weighted by molar-refractivity contribution is 6.13. The molecule has 0 aromatic heterocycles. The van der Waals surface area contributed by atoms with Gasteiger partial charge < -0.3 is 10.2 Å². The molecule has 0 bridgehead atoms. The van der Waals surface area contributed by atoms with Crippen molar-refractivity contribution in [2.24, 2.45) is 0 Å². The summed E-state index contributed by atoms with van der Waals surface area (Å²) in [5.74, 6) is -0.337. The van der Waals surface area contributed by atoms with Gasteiger partial charge in [-0.05, 0) is 31.4 Å². The maximum atomic E-state index is 12.7. The van der Waals surface area contributed by atoms with Crippen molar-refractivity contribution in [3.05, 3.63) is 24.3 Å². The predicted octanol–water partition coefficient (Wildman–Crippen LogP) is 0.807. The number of carbonyl (C=O) groups excluding carboxylic acids is 3. The van der Waals surface area contributed by atoms with Gasteiger partial charge in [0.1, 0.15) is 12.6 Å². The number of para-hydroxylation sites is 2. The molecule has 0 radical (unpaired) electrons. The molecule has 1 atom stereocenters. The Labute approximate surface area is 128 Å². The molecule has 114 valence electrons. The van der Waals surface area contributed by atoms with E-state index in [0.717, 1.165) is 24.2 Å². The Morgan fingerprint density at radius 2 is 1.82 bits per heavy atom. The highest BCUT2D eigenvalue weighted by Gasteiger charge is 2.42. The minimum absolute atomic E-state index is 0.0427. The molecule has 3 aliphatic rings. The molecule has 1 aromatic rings. The third-order valence-electron chi connectivity index (χ3n) is 4.47. The summed E-state index contributed by atoms with van der Waals surface area (Å²) in [4.78, 5) is 39.9. The fourth-order valence-corrected chi connectivity index (χ4v) is 3.24. The maximum absolute atomic E-state index is 12.7. The number of hydrogen-bond acceptors (Lipinski definition) is 3. The van der Waals surface area contributed by atoms with Crippen LogP contribution >= 0.6 is 0 Å². The lowest BCUT2D eigenvalue weighted by Gasteiger charge is -2.37. The minimum atomic E-state index is -0.513. The van der Waals surface area contributed by atoms with Gasteiger partial charge in [0.25, 0.3) is 0 Å². The molecule has 1 aliphatic carbocycles. The smallest absolute Gasteiger partial charge is 0.250 e. The van der Waals surface area contributed by atoms with E-state index in [1.165, 1.54) is 4.90 Å². The number of nitrogens with zero attached hydrogens (tertiary/aromatic N) is 2. The van der Waals surface area contributed by atoms with E-state index < -0.39 is 6.04 Å².